The van der Waals surface area contributed by atoms with Crippen molar-refractivity contribution in [1.82, 2.24) is 4.90 Å². The van der Waals surface area contributed by atoms with Crippen LogP contribution in [0.2, 0.25) is 0 Å². The van der Waals surface area contributed by atoms with Crippen LogP contribution in [0.3, 0.4) is 0 Å². The first-order valence-corrected chi connectivity index (χ1v) is 5.29. The maximum absolute atomic E-state index is 11.5. The first-order valence-electron chi connectivity index (χ1n) is 5.29. The summed E-state index contributed by atoms with van der Waals surface area (Å²) in [5.74, 6) is 0.267. The first kappa shape index (κ1) is 9.44. The Bertz CT molecular complexity index is 278. The molecule has 0 aromatic carbocycles. The van der Waals surface area contributed by atoms with Gasteiger partial charge in [0.25, 0.3) is 11.8 Å². The minimum Gasteiger partial charge on any atom is -0.272 e. The average molecular weight is 193 g/mol. The predicted octanol–water partition coefficient (Wildman–Crippen LogP) is 1.49. The zero-order chi connectivity index (χ0) is 10.1. The van der Waals surface area contributed by atoms with Crippen molar-refractivity contribution in [3.8, 4) is 0 Å². The van der Waals surface area contributed by atoms with E-state index < -0.39 is 0 Å². The molecule has 0 radical (unpaired) electrons. The van der Waals surface area contributed by atoms with Gasteiger partial charge in [0.1, 0.15) is 0 Å². The van der Waals surface area contributed by atoms with Crippen LogP contribution in [0.15, 0.2) is 12.2 Å². The molecule has 1 fully saturated rings. The summed E-state index contributed by atoms with van der Waals surface area (Å²) in [6.45, 7) is 2.13. The lowest BCUT2D eigenvalue weighted by Gasteiger charge is -2.27. The molecule has 76 valence electrons. The summed E-state index contributed by atoms with van der Waals surface area (Å²) in [6, 6.07) is 0.162. The molecular formula is C11H15NO2. The second kappa shape index (κ2) is 3.56. The lowest BCUT2D eigenvalue weighted by atomic mass is 9.99. The number of nitrogens with zero attached hydrogens (tertiary/aromatic N) is 1. The van der Waals surface area contributed by atoms with Crippen LogP contribution < -0.4 is 0 Å². The van der Waals surface area contributed by atoms with Gasteiger partial charge in [-0.15, -0.1) is 0 Å². The van der Waals surface area contributed by atoms with Gasteiger partial charge in [0.15, 0.2) is 0 Å². The molecule has 1 heterocycles. The Kier molecular flexibility index (Phi) is 2.40. The molecule has 2 amide bonds. The largest absolute Gasteiger partial charge is 0.272 e. The van der Waals surface area contributed by atoms with Gasteiger partial charge in [-0.1, -0.05) is 19.8 Å². The fourth-order valence-corrected chi connectivity index (χ4v) is 2.57. The van der Waals surface area contributed by atoms with Gasteiger partial charge in [-0.25, -0.2) is 0 Å². The van der Waals surface area contributed by atoms with Gasteiger partial charge in [0.2, 0.25) is 0 Å². The molecule has 2 unspecified atom stereocenters. The average Bonchev–Trinajstić information content (AvgIpc) is 2.73. The van der Waals surface area contributed by atoms with E-state index in [-0.39, 0.29) is 17.9 Å². The molecule has 1 aliphatic carbocycles. The number of amides is 2. The highest BCUT2D eigenvalue weighted by molar-refractivity contribution is 6.13. The van der Waals surface area contributed by atoms with Gasteiger partial charge in [-0.2, -0.15) is 0 Å². The molecule has 0 spiro atoms. The van der Waals surface area contributed by atoms with E-state index in [9.17, 15) is 9.59 Å². The van der Waals surface area contributed by atoms with Crippen LogP contribution in [0.1, 0.15) is 32.6 Å². The molecule has 1 saturated carbocycles. The molecule has 3 heteroatoms. The highest BCUT2D eigenvalue weighted by Crippen LogP contribution is 2.33. The van der Waals surface area contributed by atoms with Crippen LogP contribution in [0.5, 0.6) is 0 Å². The van der Waals surface area contributed by atoms with Crippen molar-refractivity contribution < 1.29 is 9.59 Å². The van der Waals surface area contributed by atoms with E-state index in [1.807, 2.05) is 0 Å². The zero-order valence-corrected chi connectivity index (χ0v) is 8.40. The Hall–Kier alpha value is -1.12. The van der Waals surface area contributed by atoms with E-state index in [1.54, 1.807) is 0 Å². The number of hydrogen-bond donors (Lipinski definition) is 0. The molecule has 0 aromatic heterocycles. The third-order valence-electron chi connectivity index (χ3n) is 3.32. The fraction of sp³-hybridized carbons (Fsp3) is 0.636. The number of hydrogen-bond acceptors (Lipinski definition) is 2. The Balaban J connectivity index is 2.14. The second-order valence-electron chi connectivity index (χ2n) is 4.05. The van der Waals surface area contributed by atoms with E-state index >= 15 is 0 Å². The third-order valence-corrected chi connectivity index (χ3v) is 3.32. The van der Waals surface area contributed by atoms with Gasteiger partial charge >= 0.3 is 0 Å². The summed E-state index contributed by atoms with van der Waals surface area (Å²) in [7, 11) is 0. The van der Waals surface area contributed by atoms with Gasteiger partial charge in [0.05, 0.1) is 0 Å². The van der Waals surface area contributed by atoms with Crippen molar-refractivity contribution >= 4 is 11.8 Å². The van der Waals surface area contributed by atoms with Crippen LogP contribution in [-0.4, -0.2) is 22.8 Å². The van der Waals surface area contributed by atoms with Crippen molar-refractivity contribution in [3.05, 3.63) is 12.2 Å². The van der Waals surface area contributed by atoms with Crippen LogP contribution in [0, 0.1) is 5.92 Å². The van der Waals surface area contributed by atoms with Crippen molar-refractivity contribution in [2.24, 2.45) is 5.92 Å². The van der Waals surface area contributed by atoms with E-state index in [2.05, 4.69) is 6.92 Å². The molecule has 0 aromatic rings. The minimum atomic E-state index is -0.125. The lowest BCUT2D eigenvalue weighted by molar-refractivity contribution is -0.140. The van der Waals surface area contributed by atoms with Gasteiger partial charge < -0.3 is 0 Å². The van der Waals surface area contributed by atoms with Crippen LogP contribution >= 0.6 is 0 Å². The third kappa shape index (κ3) is 1.37. The van der Waals surface area contributed by atoms with Gasteiger partial charge in [-0.3, -0.25) is 14.5 Å². The van der Waals surface area contributed by atoms with E-state index in [0.29, 0.717) is 5.92 Å². The number of imide groups is 1. The Labute approximate surface area is 83.8 Å². The molecule has 0 saturated heterocycles. The summed E-state index contributed by atoms with van der Waals surface area (Å²) >= 11 is 0. The molecule has 0 N–H and O–H groups in total. The summed E-state index contributed by atoms with van der Waals surface area (Å²) in [4.78, 5) is 24.3. The quantitative estimate of drug-likeness (QED) is 0.623. The maximum Gasteiger partial charge on any atom is 0.253 e. The van der Waals surface area contributed by atoms with Crippen molar-refractivity contribution in [1.29, 1.82) is 0 Å². The number of rotatable bonds is 2. The monoisotopic (exact) mass is 193 g/mol. The van der Waals surface area contributed by atoms with Crippen LogP contribution in [-0.2, 0) is 9.59 Å². The van der Waals surface area contributed by atoms with E-state index in [1.165, 1.54) is 17.1 Å². The van der Waals surface area contributed by atoms with Gasteiger partial charge in [-0.05, 0) is 18.8 Å². The second-order valence-corrected chi connectivity index (χ2v) is 4.05. The normalized spacial score (nSPS) is 31.9. The number of carbonyl (C=O) groups excluding carboxylic acids is 2. The molecule has 1 aliphatic heterocycles. The molecule has 2 aliphatic rings. The zero-order valence-electron chi connectivity index (χ0n) is 8.40. The van der Waals surface area contributed by atoms with Crippen LogP contribution in [0.25, 0.3) is 0 Å². The van der Waals surface area contributed by atoms with Gasteiger partial charge in [0, 0.05) is 18.2 Å². The molecule has 0 bridgehead atoms. The highest BCUT2D eigenvalue weighted by atomic mass is 16.2. The van der Waals surface area contributed by atoms with Crippen molar-refractivity contribution in [2.75, 3.05) is 0 Å². The predicted molar refractivity (Wildman–Crippen MR) is 52.4 cm³/mol. The maximum atomic E-state index is 11.5. The molecule has 3 nitrogen and oxygen atoms in total. The van der Waals surface area contributed by atoms with E-state index in [4.69, 9.17) is 0 Å². The van der Waals surface area contributed by atoms with Crippen molar-refractivity contribution in [3.63, 3.8) is 0 Å². The Morgan fingerprint density at radius 1 is 1.29 bits per heavy atom. The first-order chi connectivity index (χ1) is 6.74. The van der Waals surface area contributed by atoms with Crippen molar-refractivity contribution in [2.45, 2.75) is 38.6 Å². The molecule has 2 atom stereocenters. The van der Waals surface area contributed by atoms with E-state index in [0.717, 1.165) is 25.7 Å². The number of carbonyl (C=O) groups is 2. The SMILES string of the molecule is CCC1CCCC1N1C(=O)C=CC1=O. The molecular weight excluding hydrogens is 178 g/mol. The van der Waals surface area contributed by atoms with Crippen LogP contribution in [0.4, 0.5) is 0 Å². The topological polar surface area (TPSA) is 37.4 Å². The molecule has 2 rings (SSSR count). The lowest BCUT2D eigenvalue weighted by Crippen LogP contribution is -2.41. The summed E-state index contributed by atoms with van der Waals surface area (Å²) in [5, 5.41) is 0. The Morgan fingerprint density at radius 2 is 1.93 bits per heavy atom. The fourth-order valence-electron chi connectivity index (χ4n) is 2.57. The standard InChI is InChI=1S/C11H15NO2/c1-2-8-4-3-5-9(8)12-10(13)6-7-11(12)14/h6-9H,2-5H2,1H3. The minimum absolute atomic E-state index is 0.125. The highest BCUT2D eigenvalue weighted by Gasteiger charge is 2.37. The summed E-state index contributed by atoms with van der Waals surface area (Å²) < 4.78 is 0. The smallest absolute Gasteiger partial charge is 0.253 e. The summed E-state index contributed by atoms with van der Waals surface area (Å²) in [5.41, 5.74) is 0. The Morgan fingerprint density at radius 3 is 2.50 bits per heavy atom. The summed E-state index contributed by atoms with van der Waals surface area (Å²) in [6.07, 6.45) is 7.10. The molecule has 14 heavy (non-hydrogen) atoms.